The molecule has 12 unspecified atom stereocenters. The van der Waals surface area contributed by atoms with E-state index in [1.165, 1.54) is 14.2 Å². The number of esters is 1. The maximum absolute atomic E-state index is 13.5. The number of ether oxygens (including phenoxy) is 4. The van der Waals surface area contributed by atoms with Gasteiger partial charge >= 0.3 is 5.97 Å². The predicted molar refractivity (Wildman–Crippen MR) is 170 cm³/mol. The van der Waals surface area contributed by atoms with Gasteiger partial charge in [0.25, 0.3) is 0 Å². The second-order valence-electron chi connectivity index (χ2n) is 13.6. The minimum atomic E-state index is -1.80. The SMILES string of the molecule is CO/C1=C/C(C)=C/C(C)C(O)C(C)C/C(C)=C/C=C\C(OC)C(C(C)C(O)C(C)C2(O)CC(O)C(C)C(C(C)C)O2)OC1=O. The lowest BCUT2D eigenvalue weighted by molar-refractivity contribution is -0.328. The van der Waals surface area contributed by atoms with Crippen LogP contribution in [0.3, 0.4) is 0 Å². The fourth-order valence-electron chi connectivity index (χ4n) is 6.54. The van der Waals surface area contributed by atoms with Crippen LogP contribution in [-0.2, 0) is 23.7 Å². The number of methoxy groups -OCH3 is 2. The normalized spacial score (nSPS) is 41.2. The molecule has 2 aliphatic heterocycles. The van der Waals surface area contributed by atoms with Crippen LogP contribution in [0.15, 0.2) is 47.3 Å². The van der Waals surface area contributed by atoms with E-state index in [9.17, 15) is 25.2 Å². The third-order valence-corrected chi connectivity index (χ3v) is 9.50. The van der Waals surface area contributed by atoms with Crippen molar-refractivity contribution in [2.75, 3.05) is 14.2 Å². The zero-order valence-corrected chi connectivity index (χ0v) is 28.6. The Bertz CT molecular complexity index is 1060. The molecule has 0 spiro atoms. The Hall–Kier alpha value is -2.01. The standard InChI is InChI=1S/C35H58O9/c1-19(2)32-24(7)27(36)18-35(40,44-32)26(9)31(38)25(8)33-28(41-10)14-12-13-20(3)15-22(5)30(37)23(6)16-21(4)17-29(42-11)34(39)43-33/h12-14,16-17,19,22-28,30-33,36-38,40H,15,18H2,1-11H3/b14-12-,20-13+,21-16+,29-17+. The van der Waals surface area contributed by atoms with Crippen molar-refractivity contribution in [3.8, 4) is 0 Å². The van der Waals surface area contributed by atoms with E-state index in [0.717, 1.165) is 11.1 Å². The van der Waals surface area contributed by atoms with Crippen LogP contribution >= 0.6 is 0 Å². The van der Waals surface area contributed by atoms with Crippen molar-refractivity contribution in [2.45, 2.75) is 118 Å². The minimum Gasteiger partial charge on any atom is -0.490 e. The fraction of sp³-hybridized carbons (Fsp3) is 0.743. The molecule has 12 atom stereocenters. The van der Waals surface area contributed by atoms with Crippen molar-refractivity contribution in [1.82, 2.24) is 0 Å². The molecule has 0 saturated carbocycles. The zero-order chi connectivity index (χ0) is 33.5. The van der Waals surface area contributed by atoms with Crippen molar-refractivity contribution in [3.63, 3.8) is 0 Å². The molecule has 1 fully saturated rings. The van der Waals surface area contributed by atoms with Crippen molar-refractivity contribution >= 4 is 5.97 Å². The molecule has 2 rings (SSSR count). The van der Waals surface area contributed by atoms with E-state index >= 15 is 0 Å². The molecule has 2 aliphatic rings. The first-order valence-electron chi connectivity index (χ1n) is 15.9. The number of allylic oxidation sites excluding steroid dienone is 5. The van der Waals surface area contributed by atoms with E-state index in [1.807, 2.05) is 66.7 Å². The second kappa shape index (κ2) is 16.5. The quantitative estimate of drug-likeness (QED) is 0.298. The number of rotatable bonds is 7. The summed E-state index contributed by atoms with van der Waals surface area (Å²) in [6.45, 7) is 17.0. The minimum absolute atomic E-state index is 0.00492. The van der Waals surface area contributed by atoms with Gasteiger partial charge in [-0.2, -0.15) is 0 Å². The summed E-state index contributed by atoms with van der Waals surface area (Å²) in [5.41, 5.74) is 1.78. The Morgan fingerprint density at radius 1 is 1.05 bits per heavy atom. The third kappa shape index (κ3) is 9.50. The van der Waals surface area contributed by atoms with Crippen LogP contribution in [0, 0.1) is 35.5 Å². The van der Waals surface area contributed by atoms with Gasteiger partial charge in [0, 0.05) is 37.2 Å². The van der Waals surface area contributed by atoms with E-state index in [0.29, 0.717) is 6.42 Å². The van der Waals surface area contributed by atoms with Gasteiger partial charge in [0.15, 0.2) is 5.79 Å². The topological polar surface area (TPSA) is 135 Å². The number of aliphatic hydroxyl groups excluding tert-OH is 3. The highest BCUT2D eigenvalue weighted by Gasteiger charge is 2.51. The highest BCUT2D eigenvalue weighted by Crippen LogP contribution is 2.41. The Labute approximate surface area is 264 Å². The van der Waals surface area contributed by atoms with Crippen LogP contribution in [0.1, 0.15) is 75.2 Å². The molecule has 0 radical (unpaired) electrons. The Kier molecular flexibility index (Phi) is 14.3. The number of aliphatic hydroxyl groups is 4. The Balaban J connectivity index is 2.52. The largest absolute Gasteiger partial charge is 0.490 e. The summed E-state index contributed by atoms with van der Waals surface area (Å²) < 4.78 is 23.4. The first kappa shape index (κ1) is 38.2. The molecule has 9 nitrogen and oxygen atoms in total. The highest BCUT2D eigenvalue weighted by molar-refractivity contribution is 5.87. The van der Waals surface area contributed by atoms with Crippen LogP contribution in [0.5, 0.6) is 0 Å². The number of carbonyl (C=O) groups is 1. The highest BCUT2D eigenvalue weighted by atomic mass is 16.6. The third-order valence-electron chi connectivity index (χ3n) is 9.50. The first-order chi connectivity index (χ1) is 20.5. The lowest BCUT2D eigenvalue weighted by atomic mass is 9.76. The van der Waals surface area contributed by atoms with Gasteiger partial charge in [-0.25, -0.2) is 4.79 Å². The van der Waals surface area contributed by atoms with Gasteiger partial charge in [-0.15, -0.1) is 0 Å². The number of hydrogen-bond acceptors (Lipinski definition) is 9. The van der Waals surface area contributed by atoms with Gasteiger partial charge in [0.05, 0.1) is 31.5 Å². The smallest absolute Gasteiger partial charge is 0.373 e. The fourth-order valence-corrected chi connectivity index (χ4v) is 6.54. The average Bonchev–Trinajstić information content (AvgIpc) is 2.96. The van der Waals surface area contributed by atoms with Crippen LogP contribution in [-0.4, -0.2) is 83.0 Å². The molecule has 0 aromatic heterocycles. The molecule has 0 amide bonds. The number of cyclic esters (lactones) is 1. The molecule has 44 heavy (non-hydrogen) atoms. The van der Waals surface area contributed by atoms with E-state index < -0.39 is 60.2 Å². The zero-order valence-electron chi connectivity index (χ0n) is 28.6. The van der Waals surface area contributed by atoms with Crippen molar-refractivity contribution in [2.24, 2.45) is 35.5 Å². The van der Waals surface area contributed by atoms with E-state index in [-0.39, 0.29) is 35.9 Å². The number of hydrogen-bond donors (Lipinski definition) is 4. The summed E-state index contributed by atoms with van der Waals surface area (Å²) in [4.78, 5) is 13.5. The summed E-state index contributed by atoms with van der Waals surface area (Å²) in [5, 5.41) is 45.0. The predicted octanol–water partition coefficient (Wildman–Crippen LogP) is 4.69. The molecule has 1 saturated heterocycles. The maximum Gasteiger partial charge on any atom is 0.373 e. The Morgan fingerprint density at radius 3 is 2.25 bits per heavy atom. The molecule has 252 valence electrons. The molecule has 0 bridgehead atoms. The molecular formula is C35H58O9. The second-order valence-corrected chi connectivity index (χ2v) is 13.6. The van der Waals surface area contributed by atoms with Crippen molar-refractivity contribution in [3.05, 3.63) is 47.3 Å². The summed E-state index contributed by atoms with van der Waals surface area (Å²) >= 11 is 0. The molecule has 0 aliphatic carbocycles. The van der Waals surface area contributed by atoms with Crippen LogP contribution < -0.4 is 0 Å². The van der Waals surface area contributed by atoms with Gasteiger partial charge in [0.2, 0.25) is 5.76 Å². The first-order valence-corrected chi connectivity index (χ1v) is 15.9. The summed E-state index contributed by atoms with van der Waals surface area (Å²) in [7, 11) is 2.87. The van der Waals surface area contributed by atoms with Gasteiger partial charge < -0.3 is 39.4 Å². The monoisotopic (exact) mass is 622 g/mol. The van der Waals surface area contributed by atoms with Gasteiger partial charge in [-0.3, -0.25) is 0 Å². The summed E-state index contributed by atoms with van der Waals surface area (Å²) in [5.74, 6) is -4.49. The van der Waals surface area contributed by atoms with Crippen LogP contribution in [0.4, 0.5) is 0 Å². The molecule has 2 heterocycles. The van der Waals surface area contributed by atoms with Crippen molar-refractivity contribution < 1.29 is 44.2 Å². The van der Waals surface area contributed by atoms with E-state index in [2.05, 4.69) is 0 Å². The lowest BCUT2D eigenvalue weighted by Gasteiger charge is -2.49. The Morgan fingerprint density at radius 2 is 1.68 bits per heavy atom. The lowest BCUT2D eigenvalue weighted by Crippen LogP contribution is -2.59. The van der Waals surface area contributed by atoms with E-state index in [1.54, 1.807) is 26.0 Å². The van der Waals surface area contributed by atoms with Gasteiger partial charge in [0.1, 0.15) is 12.2 Å². The van der Waals surface area contributed by atoms with Crippen molar-refractivity contribution in [1.29, 1.82) is 0 Å². The molecule has 9 heteroatoms. The molecule has 4 N–H and O–H groups in total. The van der Waals surface area contributed by atoms with Crippen LogP contribution in [0.2, 0.25) is 0 Å². The summed E-state index contributed by atoms with van der Waals surface area (Å²) in [6, 6.07) is 0. The maximum atomic E-state index is 13.5. The summed E-state index contributed by atoms with van der Waals surface area (Å²) in [6.07, 6.45) is 4.85. The van der Waals surface area contributed by atoms with Gasteiger partial charge in [-0.05, 0) is 38.2 Å². The molecular weight excluding hydrogens is 564 g/mol. The average molecular weight is 623 g/mol. The molecule has 0 aromatic rings. The van der Waals surface area contributed by atoms with Gasteiger partial charge in [-0.1, -0.05) is 83.9 Å². The number of carbonyl (C=O) groups excluding carboxylic acids is 1. The van der Waals surface area contributed by atoms with E-state index in [4.69, 9.17) is 18.9 Å². The molecule has 0 aromatic carbocycles. The van der Waals surface area contributed by atoms with Crippen LogP contribution in [0.25, 0.3) is 0 Å².